The number of halogens is 3. The third kappa shape index (κ3) is 7.06. The van der Waals surface area contributed by atoms with Gasteiger partial charge in [0.2, 0.25) is 0 Å². The van der Waals surface area contributed by atoms with Gasteiger partial charge in [0.25, 0.3) is 0 Å². The van der Waals surface area contributed by atoms with E-state index in [9.17, 15) is 5.26 Å². The largest absolute Gasteiger partial charge is 0.417 e. The summed E-state index contributed by atoms with van der Waals surface area (Å²) in [5.74, 6) is 0. The van der Waals surface area contributed by atoms with Crippen molar-refractivity contribution in [2.45, 2.75) is 13.1 Å². The molecule has 0 amide bonds. The highest BCUT2D eigenvalue weighted by Crippen LogP contribution is 2.47. The van der Waals surface area contributed by atoms with Crippen LogP contribution >= 0.6 is 0 Å². The summed E-state index contributed by atoms with van der Waals surface area (Å²) in [7, 11) is 0. The third-order valence-corrected chi connectivity index (χ3v) is 13.5. The second-order valence-corrected chi connectivity index (χ2v) is 17.6. The van der Waals surface area contributed by atoms with E-state index < -0.39 is 11.7 Å². The predicted octanol–water partition coefficient (Wildman–Crippen LogP) is 17.4. The van der Waals surface area contributed by atoms with Crippen LogP contribution in [-0.2, 0) is 6.18 Å². The molecule has 0 bridgehead atoms. The first-order chi connectivity index (χ1) is 33.7. The molecule has 12 rings (SSSR count). The molecule has 2 heterocycles. The standard InChI is InChI=1S/C63H40F3N3/c1-40-15-14-24-55(63(64,65)66)62(40)54-38-56(68-57-33-45(41-16-6-2-7-17-41)25-29-50(57)51-30-26-46(34-58(51)68)42-18-8-3-9-19-42)49(39-67)37-61(54)69-59-35-47(43-20-10-4-11-21-43)27-31-52(59)53-32-28-48(36-60(53)69)44-22-12-5-13-23-44/h2-38H,1H3. The molecular formula is C63H40F3N3. The lowest BCUT2D eigenvalue weighted by Crippen LogP contribution is -2.10. The highest BCUT2D eigenvalue weighted by atomic mass is 19.4. The van der Waals surface area contributed by atoms with E-state index in [1.54, 1.807) is 19.1 Å². The Bertz CT molecular complexity index is 3800. The predicted molar refractivity (Wildman–Crippen MR) is 277 cm³/mol. The minimum Gasteiger partial charge on any atom is -0.309 e. The molecule has 0 atom stereocenters. The zero-order chi connectivity index (χ0) is 46.8. The van der Waals surface area contributed by atoms with Crippen LogP contribution < -0.4 is 0 Å². The first-order valence-electron chi connectivity index (χ1n) is 22.9. The number of benzene rings is 10. The van der Waals surface area contributed by atoms with Crippen LogP contribution in [0.15, 0.2) is 224 Å². The minimum absolute atomic E-state index is 0.0508. The number of hydrogen-bond donors (Lipinski definition) is 0. The Morgan fingerprint density at radius 2 is 0.739 bits per heavy atom. The van der Waals surface area contributed by atoms with E-state index in [-0.39, 0.29) is 5.56 Å². The maximum absolute atomic E-state index is 15.7. The van der Waals surface area contributed by atoms with Gasteiger partial charge in [-0.1, -0.05) is 182 Å². The van der Waals surface area contributed by atoms with Crippen LogP contribution in [-0.4, -0.2) is 9.13 Å². The number of aromatic nitrogens is 2. The fourth-order valence-corrected chi connectivity index (χ4v) is 10.3. The first kappa shape index (κ1) is 41.5. The molecule has 69 heavy (non-hydrogen) atoms. The zero-order valence-electron chi connectivity index (χ0n) is 37.3. The van der Waals surface area contributed by atoms with Gasteiger partial charge in [-0.2, -0.15) is 18.4 Å². The van der Waals surface area contributed by atoms with Gasteiger partial charge in [0.15, 0.2) is 0 Å². The average Bonchev–Trinajstić information content (AvgIpc) is 3.90. The highest BCUT2D eigenvalue weighted by molar-refractivity contribution is 6.13. The van der Waals surface area contributed by atoms with Crippen LogP contribution in [0.5, 0.6) is 0 Å². The van der Waals surface area contributed by atoms with Crippen LogP contribution in [0.4, 0.5) is 13.2 Å². The summed E-state index contributed by atoms with van der Waals surface area (Å²) in [5.41, 5.74) is 12.5. The Kier molecular flexibility index (Phi) is 9.89. The number of fused-ring (bicyclic) bond motifs is 6. The van der Waals surface area contributed by atoms with Gasteiger partial charge >= 0.3 is 6.18 Å². The maximum atomic E-state index is 15.7. The summed E-state index contributed by atoms with van der Waals surface area (Å²) >= 11 is 0. The van der Waals surface area contributed by atoms with Crippen molar-refractivity contribution in [2.24, 2.45) is 0 Å². The van der Waals surface area contributed by atoms with Crippen molar-refractivity contribution >= 4 is 43.6 Å². The zero-order valence-corrected chi connectivity index (χ0v) is 37.3. The van der Waals surface area contributed by atoms with Crippen LogP contribution in [0.1, 0.15) is 16.7 Å². The van der Waals surface area contributed by atoms with Gasteiger partial charge in [0, 0.05) is 27.1 Å². The van der Waals surface area contributed by atoms with E-state index in [4.69, 9.17) is 0 Å². The number of aryl methyl sites for hydroxylation is 1. The second-order valence-electron chi connectivity index (χ2n) is 17.6. The van der Waals surface area contributed by atoms with Gasteiger partial charge in [-0.25, -0.2) is 0 Å². The van der Waals surface area contributed by atoms with E-state index in [1.807, 2.05) is 78.9 Å². The van der Waals surface area contributed by atoms with Crippen molar-refractivity contribution in [3.05, 3.63) is 241 Å². The number of nitrogens with zero attached hydrogens (tertiary/aromatic N) is 3. The van der Waals surface area contributed by atoms with E-state index in [0.717, 1.165) is 94.2 Å². The molecule has 6 heteroatoms. The van der Waals surface area contributed by atoms with Crippen molar-refractivity contribution in [1.82, 2.24) is 9.13 Å². The van der Waals surface area contributed by atoms with Crippen molar-refractivity contribution in [3.63, 3.8) is 0 Å². The minimum atomic E-state index is -4.70. The Balaban J connectivity index is 1.24. The van der Waals surface area contributed by atoms with Crippen molar-refractivity contribution in [1.29, 1.82) is 5.26 Å². The number of alkyl halides is 3. The molecule has 0 radical (unpaired) electrons. The summed E-state index contributed by atoms with van der Waals surface area (Å²) in [4.78, 5) is 0. The Hall–Kier alpha value is -8.92. The molecular weight excluding hydrogens is 856 g/mol. The molecule has 0 aliphatic carbocycles. The molecule has 12 aromatic rings. The Morgan fingerprint density at radius 3 is 1.09 bits per heavy atom. The van der Waals surface area contributed by atoms with E-state index >= 15 is 13.2 Å². The van der Waals surface area contributed by atoms with E-state index in [1.165, 1.54) is 6.07 Å². The van der Waals surface area contributed by atoms with Crippen LogP contribution in [0.3, 0.4) is 0 Å². The summed E-state index contributed by atoms with van der Waals surface area (Å²) in [6, 6.07) is 76.2. The normalized spacial score (nSPS) is 11.8. The fraction of sp³-hybridized carbons (Fsp3) is 0.0317. The molecule has 0 aliphatic heterocycles. The summed E-state index contributed by atoms with van der Waals surface area (Å²) in [6.07, 6.45) is -4.70. The molecule has 0 aliphatic rings. The van der Waals surface area contributed by atoms with Gasteiger partial charge in [-0.15, -0.1) is 0 Å². The fourth-order valence-electron chi connectivity index (χ4n) is 10.3. The quantitative estimate of drug-likeness (QED) is 0.157. The van der Waals surface area contributed by atoms with E-state index in [2.05, 4.69) is 137 Å². The number of rotatable bonds is 7. The second kappa shape index (κ2) is 16.4. The number of nitriles is 1. The van der Waals surface area contributed by atoms with Crippen molar-refractivity contribution in [3.8, 4) is 73.1 Å². The smallest absolute Gasteiger partial charge is 0.309 e. The average molecular weight is 896 g/mol. The van der Waals surface area contributed by atoms with Crippen molar-refractivity contribution < 1.29 is 13.2 Å². The lowest BCUT2D eigenvalue weighted by Gasteiger charge is -2.22. The monoisotopic (exact) mass is 895 g/mol. The van der Waals surface area contributed by atoms with E-state index in [0.29, 0.717) is 28.1 Å². The lowest BCUT2D eigenvalue weighted by atomic mass is 9.91. The summed E-state index contributed by atoms with van der Waals surface area (Å²) in [5, 5.41) is 15.3. The summed E-state index contributed by atoms with van der Waals surface area (Å²) < 4.78 is 51.1. The molecule has 10 aromatic carbocycles. The molecule has 0 unspecified atom stereocenters. The summed E-state index contributed by atoms with van der Waals surface area (Å²) in [6.45, 7) is 1.73. The van der Waals surface area contributed by atoms with Crippen LogP contribution in [0.2, 0.25) is 0 Å². The van der Waals surface area contributed by atoms with Gasteiger partial charge in [0.1, 0.15) is 6.07 Å². The lowest BCUT2D eigenvalue weighted by molar-refractivity contribution is -0.137. The molecule has 0 fully saturated rings. The van der Waals surface area contributed by atoms with Gasteiger partial charge in [-0.3, -0.25) is 0 Å². The van der Waals surface area contributed by atoms with Crippen LogP contribution in [0, 0.1) is 18.3 Å². The molecule has 328 valence electrons. The highest BCUT2D eigenvalue weighted by Gasteiger charge is 2.36. The van der Waals surface area contributed by atoms with Gasteiger partial charge in [-0.05, 0) is 105 Å². The first-order valence-corrected chi connectivity index (χ1v) is 22.9. The molecule has 0 saturated heterocycles. The number of hydrogen-bond acceptors (Lipinski definition) is 1. The Labute approximate surface area is 396 Å². The Morgan fingerprint density at radius 1 is 0.377 bits per heavy atom. The maximum Gasteiger partial charge on any atom is 0.417 e. The SMILES string of the molecule is Cc1cccc(C(F)(F)F)c1-c1cc(-n2c3cc(-c4ccccc4)ccc3c3ccc(-c4ccccc4)cc32)c(C#N)cc1-n1c2cc(-c3ccccc3)ccc2c2ccc(-c3ccccc3)cc21. The molecule has 2 aromatic heterocycles. The molecule has 3 nitrogen and oxygen atoms in total. The van der Waals surface area contributed by atoms with Gasteiger partial charge < -0.3 is 9.13 Å². The molecule has 0 spiro atoms. The molecule has 0 saturated carbocycles. The van der Waals surface area contributed by atoms with Crippen molar-refractivity contribution in [2.75, 3.05) is 0 Å². The van der Waals surface area contributed by atoms with Gasteiger partial charge in [0.05, 0.1) is 44.6 Å². The third-order valence-electron chi connectivity index (χ3n) is 13.5. The van der Waals surface area contributed by atoms with Crippen LogP contribution in [0.25, 0.3) is 111 Å². The topological polar surface area (TPSA) is 33.6 Å². The molecule has 0 N–H and O–H groups in total.